The van der Waals surface area contributed by atoms with Gasteiger partial charge in [0.2, 0.25) is 0 Å². The van der Waals surface area contributed by atoms with Crippen molar-refractivity contribution in [3.05, 3.63) is 76.3 Å². The number of hydrogen-bond acceptors (Lipinski definition) is 0. The molecule has 0 radical (unpaired) electrons. The maximum atomic E-state index is 2.42. The van der Waals surface area contributed by atoms with Crippen LogP contribution in [0.1, 0.15) is 18.9 Å². The van der Waals surface area contributed by atoms with Crippen LogP contribution in [0.15, 0.2) is 60.2 Å². The third-order valence-corrected chi connectivity index (χ3v) is 4.38. The first-order valence-electron chi connectivity index (χ1n) is 7.91. The minimum absolute atomic E-state index is 0.998. The molecule has 0 unspecified atom stereocenters. The zero-order valence-corrected chi connectivity index (χ0v) is 12.8. The Balaban J connectivity index is 1.95. The Morgan fingerprint density at radius 1 is 1.00 bits per heavy atom. The van der Waals surface area contributed by atoms with Crippen LogP contribution in [-0.4, -0.2) is 4.57 Å². The smallest absolute Gasteiger partial charge is 0.0491 e. The Morgan fingerprint density at radius 3 is 2.59 bits per heavy atom. The van der Waals surface area contributed by atoms with E-state index in [9.17, 15) is 0 Å². The third kappa shape index (κ3) is 2.10. The predicted molar refractivity (Wildman–Crippen MR) is 94.8 cm³/mol. The molecule has 1 heteroatoms. The molecule has 0 atom stereocenters. The second kappa shape index (κ2) is 5.34. The summed E-state index contributed by atoms with van der Waals surface area (Å²) in [5.74, 6) is 0. The van der Waals surface area contributed by atoms with Crippen LogP contribution in [-0.2, 0) is 6.54 Å². The van der Waals surface area contributed by atoms with Crippen molar-refractivity contribution in [1.82, 2.24) is 4.57 Å². The van der Waals surface area contributed by atoms with Gasteiger partial charge in [0.05, 0.1) is 0 Å². The number of nitrogens with zero attached hydrogens (tertiary/aromatic N) is 1. The molecule has 0 aliphatic heterocycles. The van der Waals surface area contributed by atoms with Crippen molar-refractivity contribution in [2.45, 2.75) is 19.9 Å². The van der Waals surface area contributed by atoms with Crippen molar-refractivity contribution in [2.75, 3.05) is 0 Å². The van der Waals surface area contributed by atoms with Crippen molar-refractivity contribution < 1.29 is 0 Å². The third-order valence-electron chi connectivity index (χ3n) is 4.38. The van der Waals surface area contributed by atoms with Gasteiger partial charge in [-0.1, -0.05) is 60.7 Å². The summed E-state index contributed by atoms with van der Waals surface area (Å²) in [7, 11) is 0. The summed E-state index contributed by atoms with van der Waals surface area (Å²) in [6, 6.07) is 19.3. The van der Waals surface area contributed by atoms with Crippen molar-refractivity contribution in [3.8, 4) is 0 Å². The maximum absolute atomic E-state index is 2.42. The summed E-state index contributed by atoms with van der Waals surface area (Å²) < 4.78 is 2.42. The molecule has 108 valence electrons. The van der Waals surface area contributed by atoms with Gasteiger partial charge < -0.3 is 4.57 Å². The van der Waals surface area contributed by atoms with E-state index in [2.05, 4.69) is 84.3 Å². The molecule has 22 heavy (non-hydrogen) atoms. The molecule has 0 spiro atoms. The second-order valence-corrected chi connectivity index (χ2v) is 5.74. The average molecular weight is 285 g/mol. The molecule has 3 aromatic rings. The van der Waals surface area contributed by atoms with Gasteiger partial charge in [0.25, 0.3) is 0 Å². The molecule has 4 rings (SSSR count). The van der Waals surface area contributed by atoms with Crippen molar-refractivity contribution >= 4 is 29.1 Å². The minimum atomic E-state index is 0.998. The Labute approximate surface area is 130 Å². The predicted octanol–water partition coefficient (Wildman–Crippen LogP) is 3.71. The molecule has 0 saturated heterocycles. The largest absolute Gasteiger partial charge is 0.341 e. The second-order valence-electron chi connectivity index (χ2n) is 5.74. The summed E-state index contributed by atoms with van der Waals surface area (Å²) in [6.07, 6.45) is 8.01. The van der Waals surface area contributed by atoms with E-state index < -0.39 is 0 Å². The zero-order chi connectivity index (χ0) is 14.9. The fourth-order valence-corrected chi connectivity index (χ4v) is 3.39. The molecular formula is C21H19N. The van der Waals surface area contributed by atoms with E-state index >= 15 is 0 Å². The Morgan fingerprint density at radius 2 is 1.77 bits per heavy atom. The molecule has 0 saturated carbocycles. The quantitative estimate of drug-likeness (QED) is 0.676. The molecule has 1 aromatic heterocycles. The highest BCUT2D eigenvalue weighted by Gasteiger charge is 2.09. The molecular weight excluding hydrogens is 266 g/mol. The van der Waals surface area contributed by atoms with Crippen LogP contribution in [0.4, 0.5) is 0 Å². The Bertz CT molecular complexity index is 972. The lowest BCUT2D eigenvalue weighted by Crippen LogP contribution is -2.31. The monoisotopic (exact) mass is 285 g/mol. The van der Waals surface area contributed by atoms with Crippen LogP contribution in [0.3, 0.4) is 0 Å². The highest BCUT2D eigenvalue weighted by molar-refractivity contribution is 5.85. The first-order valence-corrected chi connectivity index (χ1v) is 7.91. The van der Waals surface area contributed by atoms with Crippen LogP contribution >= 0.6 is 0 Å². The van der Waals surface area contributed by atoms with Crippen molar-refractivity contribution in [1.29, 1.82) is 0 Å². The molecule has 1 nitrogen and oxygen atoms in total. The standard InChI is InChI=1S/C21H19N/c1-2-22-20-11-7-6-10-18(20)19-15-17(12-13-21(19)22)14-16-8-4-3-5-9-16/h3-11,13-15H,2,12H2,1H3. The first-order chi connectivity index (χ1) is 10.9. The van der Waals surface area contributed by atoms with Crippen LogP contribution in [0.5, 0.6) is 0 Å². The van der Waals surface area contributed by atoms with E-state index in [1.165, 1.54) is 32.6 Å². The number of hydrogen-bond donors (Lipinski definition) is 0. The highest BCUT2D eigenvalue weighted by Crippen LogP contribution is 2.16. The number of allylic oxidation sites excluding steroid dienone is 1. The van der Waals surface area contributed by atoms with Gasteiger partial charge in [-0.3, -0.25) is 0 Å². The van der Waals surface area contributed by atoms with E-state index in [-0.39, 0.29) is 0 Å². The van der Waals surface area contributed by atoms with E-state index in [1.54, 1.807) is 0 Å². The van der Waals surface area contributed by atoms with Crippen LogP contribution in [0.25, 0.3) is 29.1 Å². The molecule has 1 aliphatic rings. The fourth-order valence-electron chi connectivity index (χ4n) is 3.39. The average Bonchev–Trinajstić information content (AvgIpc) is 2.89. The number of aryl methyl sites for hydroxylation is 1. The van der Waals surface area contributed by atoms with Gasteiger partial charge >= 0.3 is 0 Å². The summed E-state index contributed by atoms with van der Waals surface area (Å²) in [4.78, 5) is 0. The zero-order valence-electron chi connectivity index (χ0n) is 12.8. The number of para-hydroxylation sites is 1. The minimum Gasteiger partial charge on any atom is -0.341 e. The molecule has 0 N–H and O–H groups in total. The van der Waals surface area contributed by atoms with Gasteiger partial charge in [-0.2, -0.15) is 0 Å². The van der Waals surface area contributed by atoms with E-state index in [0.717, 1.165) is 13.0 Å². The number of fused-ring (bicyclic) bond motifs is 3. The summed E-state index contributed by atoms with van der Waals surface area (Å²) in [5.41, 5.74) is 3.98. The first kappa shape index (κ1) is 13.1. The van der Waals surface area contributed by atoms with Crippen molar-refractivity contribution in [3.63, 3.8) is 0 Å². The molecule has 0 fully saturated rings. The summed E-state index contributed by atoms with van der Waals surface area (Å²) in [6.45, 7) is 3.23. The van der Waals surface area contributed by atoms with E-state index in [1.807, 2.05) is 0 Å². The lowest BCUT2D eigenvalue weighted by Gasteiger charge is -2.05. The Kier molecular flexibility index (Phi) is 3.19. The SMILES string of the molecule is CCn1c2c(c3ccccc31)=CC(=Cc1ccccc1)CC=2. The summed E-state index contributed by atoms with van der Waals surface area (Å²) >= 11 is 0. The molecule has 1 heterocycles. The van der Waals surface area contributed by atoms with E-state index in [0.29, 0.717) is 0 Å². The molecule has 2 aromatic carbocycles. The lowest BCUT2D eigenvalue weighted by molar-refractivity contribution is 0.768. The van der Waals surface area contributed by atoms with Crippen LogP contribution < -0.4 is 10.6 Å². The normalized spacial score (nSPS) is 15.4. The molecule has 0 amide bonds. The number of aromatic nitrogens is 1. The fraction of sp³-hybridized carbons (Fsp3) is 0.143. The lowest BCUT2D eigenvalue weighted by atomic mass is 10.0. The highest BCUT2D eigenvalue weighted by atomic mass is 15.0. The molecule has 0 bridgehead atoms. The van der Waals surface area contributed by atoms with Gasteiger partial charge in [-0.15, -0.1) is 0 Å². The van der Waals surface area contributed by atoms with Crippen molar-refractivity contribution in [2.24, 2.45) is 0 Å². The molecule has 1 aliphatic carbocycles. The van der Waals surface area contributed by atoms with Gasteiger partial charge in [0.1, 0.15) is 0 Å². The van der Waals surface area contributed by atoms with Crippen LogP contribution in [0, 0.1) is 0 Å². The van der Waals surface area contributed by atoms with Crippen LogP contribution in [0.2, 0.25) is 0 Å². The van der Waals surface area contributed by atoms with Gasteiger partial charge in [-0.25, -0.2) is 0 Å². The summed E-state index contributed by atoms with van der Waals surface area (Å²) in [5, 5.41) is 4.09. The van der Waals surface area contributed by atoms with Gasteiger partial charge in [-0.05, 0) is 36.6 Å². The number of rotatable bonds is 2. The topological polar surface area (TPSA) is 4.93 Å². The van der Waals surface area contributed by atoms with Gasteiger partial charge in [0, 0.05) is 28.0 Å². The number of benzene rings is 2. The van der Waals surface area contributed by atoms with E-state index in [4.69, 9.17) is 0 Å². The Hall–Kier alpha value is -2.54. The van der Waals surface area contributed by atoms with Gasteiger partial charge in [0.15, 0.2) is 0 Å². The maximum Gasteiger partial charge on any atom is 0.0491 e.